The van der Waals surface area contributed by atoms with Crippen molar-refractivity contribution in [2.45, 2.75) is 19.3 Å². The summed E-state index contributed by atoms with van der Waals surface area (Å²) in [6.07, 6.45) is 1.69. The molecule has 0 atom stereocenters. The molecule has 0 saturated carbocycles. The average molecular weight is 550 g/mol. The Morgan fingerprint density at radius 2 is 1.40 bits per heavy atom. The standard InChI is InChI=1S/C35H23N3S2/c1-35(2)30-18-25(12-14-28(30)34-31(35)19-26(39-34)16-22(20-36)21-37)38(23-8-4-3-5-9-23)24-13-15-33-29(17-24)27-10-6-7-11-32(27)40-33/h3-19H,1-2H3. The van der Waals surface area contributed by atoms with Gasteiger partial charge in [0, 0.05) is 52.4 Å². The number of fused-ring (bicyclic) bond motifs is 6. The van der Waals surface area contributed by atoms with Gasteiger partial charge in [0.25, 0.3) is 0 Å². The normalized spacial score (nSPS) is 12.9. The minimum atomic E-state index is -0.210. The summed E-state index contributed by atoms with van der Waals surface area (Å²) in [5.41, 5.74) is 7.01. The Morgan fingerprint density at radius 1 is 0.700 bits per heavy atom. The predicted molar refractivity (Wildman–Crippen MR) is 169 cm³/mol. The fourth-order valence-electron chi connectivity index (χ4n) is 5.79. The predicted octanol–water partition coefficient (Wildman–Crippen LogP) is 10.3. The molecule has 0 N–H and O–H groups in total. The van der Waals surface area contributed by atoms with Crippen LogP contribution in [-0.2, 0) is 5.41 Å². The molecule has 2 aromatic heterocycles. The molecule has 2 heterocycles. The lowest BCUT2D eigenvalue weighted by atomic mass is 9.82. The third-order valence-corrected chi connectivity index (χ3v) is 10.0. The first kappa shape index (κ1) is 24.4. The Labute approximate surface area is 241 Å². The Morgan fingerprint density at radius 3 is 2.20 bits per heavy atom. The lowest BCUT2D eigenvalue weighted by molar-refractivity contribution is 0.662. The van der Waals surface area contributed by atoms with Gasteiger partial charge in [-0.1, -0.05) is 56.3 Å². The van der Waals surface area contributed by atoms with Gasteiger partial charge in [0.15, 0.2) is 0 Å². The van der Waals surface area contributed by atoms with Crippen LogP contribution in [0.15, 0.2) is 103 Å². The number of nitrogens with zero attached hydrogens (tertiary/aromatic N) is 3. The van der Waals surface area contributed by atoms with E-state index in [4.69, 9.17) is 0 Å². The van der Waals surface area contributed by atoms with Gasteiger partial charge in [0.2, 0.25) is 0 Å². The Bertz CT molecular complexity index is 2050. The summed E-state index contributed by atoms with van der Waals surface area (Å²) < 4.78 is 2.59. The van der Waals surface area contributed by atoms with Gasteiger partial charge in [-0.15, -0.1) is 22.7 Å². The second-order valence-corrected chi connectivity index (χ2v) is 12.6. The zero-order chi connectivity index (χ0) is 27.4. The van der Waals surface area contributed by atoms with E-state index in [1.54, 1.807) is 17.4 Å². The highest BCUT2D eigenvalue weighted by molar-refractivity contribution is 7.25. The molecule has 40 heavy (non-hydrogen) atoms. The Hall–Kier alpha value is -4.68. The van der Waals surface area contributed by atoms with E-state index in [1.807, 2.05) is 23.5 Å². The number of rotatable bonds is 4. The molecule has 0 bridgehead atoms. The molecular weight excluding hydrogens is 527 g/mol. The van der Waals surface area contributed by atoms with Crippen molar-refractivity contribution in [3.63, 3.8) is 0 Å². The number of anilines is 3. The third-order valence-electron chi connectivity index (χ3n) is 7.76. The smallest absolute Gasteiger partial charge is 0.131 e. The first-order valence-corrected chi connectivity index (χ1v) is 14.7. The second kappa shape index (κ2) is 9.21. The first-order chi connectivity index (χ1) is 19.5. The molecule has 5 heteroatoms. The van der Waals surface area contributed by atoms with Crippen LogP contribution >= 0.6 is 22.7 Å². The quantitative estimate of drug-likeness (QED) is 0.206. The van der Waals surface area contributed by atoms with Crippen molar-refractivity contribution in [3.05, 3.63) is 119 Å². The molecule has 1 aliphatic rings. The van der Waals surface area contributed by atoms with Crippen LogP contribution in [0.5, 0.6) is 0 Å². The topological polar surface area (TPSA) is 50.8 Å². The van der Waals surface area contributed by atoms with E-state index in [-0.39, 0.29) is 11.0 Å². The maximum atomic E-state index is 9.22. The van der Waals surface area contributed by atoms with Gasteiger partial charge in [-0.2, -0.15) is 10.5 Å². The van der Waals surface area contributed by atoms with Crippen LogP contribution in [0.1, 0.15) is 29.9 Å². The van der Waals surface area contributed by atoms with Crippen LogP contribution in [0, 0.1) is 22.7 Å². The van der Waals surface area contributed by atoms with Gasteiger partial charge in [-0.25, -0.2) is 0 Å². The van der Waals surface area contributed by atoms with Crippen molar-refractivity contribution in [2.75, 3.05) is 4.90 Å². The van der Waals surface area contributed by atoms with Crippen molar-refractivity contribution in [1.82, 2.24) is 0 Å². The number of nitriles is 2. The zero-order valence-corrected chi connectivity index (χ0v) is 23.6. The van der Waals surface area contributed by atoms with Crippen molar-refractivity contribution >= 4 is 66.0 Å². The Kier molecular flexibility index (Phi) is 5.61. The maximum absolute atomic E-state index is 9.22. The molecular formula is C35H23N3S2. The molecule has 0 unspecified atom stereocenters. The summed E-state index contributed by atoms with van der Waals surface area (Å²) in [6, 6.07) is 38.8. The SMILES string of the molecule is CC1(C)c2cc(N(c3ccccc3)c3ccc4sc5ccccc5c4c3)ccc2-c2sc(C=C(C#N)C#N)cc21. The van der Waals surface area contributed by atoms with Gasteiger partial charge >= 0.3 is 0 Å². The molecule has 6 aromatic rings. The van der Waals surface area contributed by atoms with E-state index < -0.39 is 0 Å². The van der Waals surface area contributed by atoms with E-state index in [2.05, 4.69) is 116 Å². The summed E-state index contributed by atoms with van der Waals surface area (Å²) in [4.78, 5) is 4.49. The minimum Gasteiger partial charge on any atom is -0.310 e. The van der Waals surface area contributed by atoms with Gasteiger partial charge in [-0.05, 0) is 77.4 Å². The van der Waals surface area contributed by atoms with E-state index >= 15 is 0 Å². The number of benzene rings is 4. The molecule has 3 nitrogen and oxygen atoms in total. The van der Waals surface area contributed by atoms with Crippen LogP contribution in [0.3, 0.4) is 0 Å². The van der Waals surface area contributed by atoms with Crippen LogP contribution in [0.4, 0.5) is 17.1 Å². The summed E-state index contributed by atoms with van der Waals surface area (Å²) in [6.45, 7) is 4.52. The molecule has 0 aliphatic heterocycles. The van der Waals surface area contributed by atoms with Crippen LogP contribution in [0.25, 0.3) is 36.7 Å². The number of hydrogen-bond donors (Lipinski definition) is 0. The monoisotopic (exact) mass is 549 g/mol. The van der Waals surface area contributed by atoms with Crippen LogP contribution in [0.2, 0.25) is 0 Å². The van der Waals surface area contributed by atoms with Crippen LogP contribution in [-0.4, -0.2) is 0 Å². The van der Waals surface area contributed by atoms with E-state index in [0.717, 1.165) is 21.9 Å². The lowest BCUT2D eigenvalue weighted by Crippen LogP contribution is -2.16. The fraction of sp³-hybridized carbons (Fsp3) is 0.0857. The van der Waals surface area contributed by atoms with Gasteiger partial charge < -0.3 is 4.90 Å². The molecule has 0 amide bonds. The van der Waals surface area contributed by atoms with E-state index in [1.165, 1.54) is 41.7 Å². The fourth-order valence-corrected chi connectivity index (χ4v) is 8.17. The molecule has 190 valence electrons. The molecule has 1 aliphatic carbocycles. The minimum absolute atomic E-state index is 0.127. The molecule has 7 rings (SSSR count). The summed E-state index contributed by atoms with van der Waals surface area (Å²) in [5, 5.41) is 21.0. The highest BCUT2D eigenvalue weighted by Gasteiger charge is 2.38. The van der Waals surface area contributed by atoms with Crippen molar-refractivity contribution in [1.29, 1.82) is 10.5 Å². The number of allylic oxidation sites excluding steroid dienone is 1. The second-order valence-electron chi connectivity index (χ2n) is 10.5. The first-order valence-electron chi connectivity index (χ1n) is 13.1. The number of hydrogen-bond acceptors (Lipinski definition) is 5. The van der Waals surface area contributed by atoms with Gasteiger partial charge in [-0.3, -0.25) is 0 Å². The van der Waals surface area contributed by atoms with Gasteiger partial charge in [0.05, 0.1) is 0 Å². The van der Waals surface area contributed by atoms with Crippen molar-refractivity contribution in [2.24, 2.45) is 0 Å². The van der Waals surface area contributed by atoms with E-state index in [0.29, 0.717) is 0 Å². The van der Waals surface area contributed by atoms with Gasteiger partial charge in [0.1, 0.15) is 17.7 Å². The molecule has 0 saturated heterocycles. The molecule has 0 radical (unpaired) electrons. The molecule has 0 fully saturated rings. The largest absolute Gasteiger partial charge is 0.310 e. The number of thiophene rings is 2. The summed E-state index contributed by atoms with van der Waals surface area (Å²) >= 11 is 3.48. The third kappa shape index (κ3) is 3.75. The van der Waals surface area contributed by atoms with Crippen LogP contribution < -0.4 is 4.90 Å². The lowest BCUT2D eigenvalue weighted by Gasteiger charge is -2.28. The zero-order valence-electron chi connectivity index (χ0n) is 22.0. The average Bonchev–Trinajstić information content (AvgIpc) is 3.63. The number of para-hydroxylation sites is 1. The Balaban J connectivity index is 1.38. The molecule has 4 aromatic carbocycles. The highest BCUT2D eigenvalue weighted by atomic mass is 32.1. The highest BCUT2D eigenvalue weighted by Crippen LogP contribution is 2.54. The van der Waals surface area contributed by atoms with Crippen molar-refractivity contribution < 1.29 is 0 Å². The maximum Gasteiger partial charge on any atom is 0.131 e. The summed E-state index contributed by atoms with van der Waals surface area (Å²) in [7, 11) is 0. The summed E-state index contributed by atoms with van der Waals surface area (Å²) in [5.74, 6) is 0. The molecule has 0 spiro atoms. The van der Waals surface area contributed by atoms with Crippen molar-refractivity contribution in [3.8, 4) is 22.6 Å². The van der Waals surface area contributed by atoms with E-state index in [9.17, 15) is 10.5 Å².